The number of methoxy groups -OCH3 is 2. The van der Waals surface area contributed by atoms with Crippen LogP contribution in [0.3, 0.4) is 0 Å². The lowest BCUT2D eigenvalue weighted by Gasteiger charge is -2.14. The SMILES string of the molecule is COc1cc(OC)cc(C(O)Cc2cccc(O)c2)c1. The summed E-state index contributed by atoms with van der Waals surface area (Å²) < 4.78 is 10.4. The van der Waals surface area contributed by atoms with Crippen LogP contribution in [0.4, 0.5) is 0 Å². The summed E-state index contributed by atoms with van der Waals surface area (Å²) in [7, 11) is 3.14. The minimum atomic E-state index is -0.694. The lowest BCUT2D eigenvalue weighted by atomic mass is 10.0. The van der Waals surface area contributed by atoms with E-state index in [4.69, 9.17) is 9.47 Å². The molecular weight excluding hydrogens is 256 g/mol. The number of aromatic hydroxyl groups is 1. The summed E-state index contributed by atoms with van der Waals surface area (Å²) in [6, 6.07) is 12.2. The van der Waals surface area contributed by atoms with Crippen molar-refractivity contribution in [2.24, 2.45) is 0 Å². The van der Waals surface area contributed by atoms with Gasteiger partial charge < -0.3 is 19.7 Å². The maximum absolute atomic E-state index is 10.3. The van der Waals surface area contributed by atoms with E-state index in [0.717, 1.165) is 5.56 Å². The molecule has 20 heavy (non-hydrogen) atoms. The van der Waals surface area contributed by atoms with Crippen molar-refractivity contribution in [1.82, 2.24) is 0 Å². The van der Waals surface area contributed by atoms with E-state index in [9.17, 15) is 10.2 Å². The summed E-state index contributed by atoms with van der Waals surface area (Å²) in [5.41, 5.74) is 1.57. The number of ether oxygens (including phenoxy) is 2. The zero-order valence-corrected chi connectivity index (χ0v) is 11.5. The van der Waals surface area contributed by atoms with Crippen LogP contribution in [0, 0.1) is 0 Å². The third-order valence-electron chi connectivity index (χ3n) is 3.10. The zero-order valence-electron chi connectivity index (χ0n) is 11.5. The summed E-state index contributed by atoms with van der Waals surface area (Å²) in [5.74, 6) is 1.46. The minimum absolute atomic E-state index is 0.193. The smallest absolute Gasteiger partial charge is 0.122 e. The Labute approximate surface area is 118 Å². The largest absolute Gasteiger partial charge is 0.508 e. The number of benzene rings is 2. The molecule has 0 aliphatic rings. The molecule has 2 aromatic rings. The summed E-state index contributed by atoms with van der Waals surface area (Å²) in [6.45, 7) is 0. The first-order chi connectivity index (χ1) is 9.62. The average molecular weight is 274 g/mol. The fourth-order valence-corrected chi connectivity index (χ4v) is 2.05. The van der Waals surface area contributed by atoms with Gasteiger partial charge in [0.25, 0.3) is 0 Å². The first-order valence-corrected chi connectivity index (χ1v) is 6.31. The summed E-state index contributed by atoms with van der Waals surface area (Å²) in [6.07, 6.45) is -0.286. The van der Waals surface area contributed by atoms with Crippen LogP contribution < -0.4 is 9.47 Å². The van der Waals surface area contributed by atoms with Crippen LogP contribution in [0.2, 0.25) is 0 Å². The van der Waals surface area contributed by atoms with E-state index in [-0.39, 0.29) is 5.75 Å². The summed E-state index contributed by atoms with van der Waals surface area (Å²) in [4.78, 5) is 0. The molecule has 0 fully saturated rings. The Hall–Kier alpha value is -2.20. The number of aliphatic hydroxyl groups excluding tert-OH is 1. The maximum atomic E-state index is 10.3. The molecule has 0 bridgehead atoms. The number of phenolic OH excluding ortho intramolecular Hbond substituents is 1. The van der Waals surface area contributed by atoms with Gasteiger partial charge in [0.1, 0.15) is 17.2 Å². The van der Waals surface area contributed by atoms with E-state index in [1.165, 1.54) is 0 Å². The van der Waals surface area contributed by atoms with Gasteiger partial charge in [-0.15, -0.1) is 0 Å². The van der Waals surface area contributed by atoms with Gasteiger partial charge in [-0.05, 0) is 35.4 Å². The lowest BCUT2D eigenvalue weighted by Crippen LogP contribution is -2.03. The Bertz CT molecular complexity index is 558. The molecule has 0 saturated heterocycles. The van der Waals surface area contributed by atoms with Crippen molar-refractivity contribution in [1.29, 1.82) is 0 Å². The molecule has 0 aromatic heterocycles. The molecule has 0 aliphatic carbocycles. The molecule has 4 nitrogen and oxygen atoms in total. The Morgan fingerprint density at radius 1 is 1.00 bits per heavy atom. The van der Waals surface area contributed by atoms with E-state index in [1.54, 1.807) is 50.6 Å². The Morgan fingerprint density at radius 3 is 2.20 bits per heavy atom. The molecule has 0 aliphatic heterocycles. The first-order valence-electron chi connectivity index (χ1n) is 6.31. The van der Waals surface area contributed by atoms with Crippen molar-refractivity contribution in [3.8, 4) is 17.2 Å². The zero-order chi connectivity index (χ0) is 14.5. The summed E-state index contributed by atoms with van der Waals surface area (Å²) >= 11 is 0. The van der Waals surface area contributed by atoms with Gasteiger partial charge in [-0.2, -0.15) is 0 Å². The number of phenols is 1. The quantitative estimate of drug-likeness (QED) is 0.880. The normalized spacial score (nSPS) is 11.9. The molecule has 0 spiro atoms. The second-order valence-corrected chi connectivity index (χ2v) is 4.54. The lowest BCUT2D eigenvalue weighted by molar-refractivity contribution is 0.177. The fraction of sp³-hybridized carbons (Fsp3) is 0.250. The number of aliphatic hydroxyl groups is 1. The van der Waals surface area contributed by atoms with Gasteiger partial charge in [-0.25, -0.2) is 0 Å². The van der Waals surface area contributed by atoms with E-state index in [2.05, 4.69) is 0 Å². The van der Waals surface area contributed by atoms with Gasteiger partial charge >= 0.3 is 0 Å². The van der Waals surface area contributed by atoms with Crippen LogP contribution in [-0.4, -0.2) is 24.4 Å². The van der Waals surface area contributed by atoms with Crippen molar-refractivity contribution in [3.05, 3.63) is 53.6 Å². The topological polar surface area (TPSA) is 58.9 Å². The standard InChI is InChI=1S/C16H18O4/c1-19-14-8-12(9-15(10-14)20-2)16(18)7-11-4-3-5-13(17)6-11/h3-6,8-10,16-18H,7H2,1-2H3. The van der Waals surface area contributed by atoms with Crippen LogP contribution in [0.5, 0.6) is 17.2 Å². The molecule has 2 aromatic carbocycles. The molecule has 0 saturated carbocycles. The second-order valence-electron chi connectivity index (χ2n) is 4.54. The van der Waals surface area contributed by atoms with E-state index in [1.807, 2.05) is 6.07 Å². The molecule has 0 heterocycles. The molecule has 1 atom stereocenters. The van der Waals surface area contributed by atoms with E-state index >= 15 is 0 Å². The Kier molecular flexibility index (Phi) is 4.48. The van der Waals surface area contributed by atoms with Gasteiger partial charge in [0, 0.05) is 12.5 Å². The Balaban J connectivity index is 2.22. The second kappa shape index (κ2) is 6.30. The van der Waals surface area contributed by atoms with Crippen molar-refractivity contribution >= 4 is 0 Å². The minimum Gasteiger partial charge on any atom is -0.508 e. The predicted octanol–water partition coefficient (Wildman–Crippen LogP) is 2.69. The van der Waals surface area contributed by atoms with Gasteiger partial charge in [0.2, 0.25) is 0 Å². The van der Waals surface area contributed by atoms with Crippen LogP contribution >= 0.6 is 0 Å². The van der Waals surface area contributed by atoms with Gasteiger partial charge in [0.15, 0.2) is 0 Å². The van der Waals surface area contributed by atoms with Gasteiger partial charge in [-0.1, -0.05) is 12.1 Å². The van der Waals surface area contributed by atoms with Crippen LogP contribution in [0.15, 0.2) is 42.5 Å². The maximum Gasteiger partial charge on any atom is 0.122 e. The number of hydrogen-bond donors (Lipinski definition) is 2. The summed E-state index contributed by atoms with van der Waals surface area (Å²) in [5, 5.41) is 19.8. The average Bonchev–Trinajstić information content (AvgIpc) is 2.46. The predicted molar refractivity (Wildman–Crippen MR) is 76.3 cm³/mol. The molecule has 0 radical (unpaired) electrons. The number of hydrogen-bond acceptors (Lipinski definition) is 4. The molecule has 0 amide bonds. The van der Waals surface area contributed by atoms with Crippen molar-refractivity contribution < 1.29 is 19.7 Å². The van der Waals surface area contributed by atoms with E-state index in [0.29, 0.717) is 23.5 Å². The Morgan fingerprint density at radius 2 is 1.65 bits per heavy atom. The fourth-order valence-electron chi connectivity index (χ4n) is 2.05. The highest BCUT2D eigenvalue weighted by Crippen LogP contribution is 2.28. The molecule has 106 valence electrons. The highest BCUT2D eigenvalue weighted by Gasteiger charge is 2.12. The molecule has 4 heteroatoms. The highest BCUT2D eigenvalue weighted by molar-refractivity contribution is 5.40. The van der Waals surface area contributed by atoms with Crippen LogP contribution in [0.25, 0.3) is 0 Å². The van der Waals surface area contributed by atoms with Gasteiger partial charge in [-0.3, -0.25) is 0 Å². The van der Waals surface area contributed by atoms with Crippen molar-refractivity contribution in [2.75, 3.05) is 14.2 Å². The third kappa shape index (κ3) is 3.42. The number of rotatable bonds is 5. The third-order valence-corrected chi connectivity index (χ3v) is 3.10. The monoisotopic (exact) mass is 274 g/mol. The van der Waals surface area contributed by atoms with Crippen LogP contribution in [0.1, 0.15) is 17.2 Å². The van der Waals surface area contributed by atoms with Crippen LogP contribution in [-0.2, 0) is 6.42 Å². The van der Waals surface area contributed by atoms with Gasteiger partial charge in [0.05, 0.1) is 20.3 Å². The molecule has 1 unspecified atom stereocenters. The van der Waals surface area contributed by atoms with Crippen molar-refractivity contribution in [3.63, 3.8) is 0 Å². The molecular formula is C16H18O4. The molecule has 2 N–H and O–H groups in total. The first kappa shape index (κ1) is 14.2. The molecule has 2 rings (SSSR count). The highest BCUT2D eigenvalue weighted by atomic mass is 16.5. The van der Waals surface area contributed by atoms with Crippen molar-refractivity contribution in [2.45, 2.75) is 12.5 Å². The van der Waals surface area contributed by atoms with E-state index < -0.39 is 6.10 Å².